The number of benzene rings is 2. The Morgan fingerprint density at radius 1 is 1.12 bits per heavy atom. The normalized spacial score (nSPS) is 14.1. The molecule has 3 N–H and O–H groups in total. The molecule has 168 valence electrons. The molecule has 1 aromatic heterocycles. The zero-order valence-corrected chi connectivity index (χ0v) is 18.8. The van der Waals surface area contributed by atoms with E-state index in [0.717, 1.165) is 11.1 Å². The van der Waals surface area contributed by atoms with Gasteiger partial charge in [0.05, 0.1) is 5.69 Å². The van der Waals surface area contributed by atoms with Crippen LogP contribution in [-0.4, -0.2) is 33.3 Å². The minimum absolute atomic E-state index is 0.0228. The predicted molar refractivity (Wildman–Crippen MR) is 121 cm³/mol. The van der Waals surface area contributed by atoms with Crippen molar-refractivity contribution >= 4 is 23.5 Å². The molecular formula is C24H25ClN2O5. The number of carbonyl (C=O) groups is 2. The summed E-state index contributed by atoms with van der Waals surface area (Å²) in [6.45, 7) is 5.44. The molecule has 2 unspecified atom stereocenters. The molecule has 1 amide bonds. The van der Waals surface area contributed by atoms with E-state index in [4.69, 9.17) is 16.1 Å². The molecule has 0 aliphatic rings. The first-order valence-electron chi connectivity index (χ1n) is 10.2. The topological polar surface area (TPSA) is 113 Å². The second kappa shape index (κ2) is 9.54. The fourth-order valence-electron chi connectivity index (χ4n) is 3.41. The lowest BCUT2D eigenvalue weighted by Gasteiger charge is -2.28. The third kappa shape index (κ3) is 5.00. The van der Waals surface area contributed by atoms with Crippen LogP contribution in [0.5, 0.6) is 0 Å². The second-order valence-corrected chi connectivity index (χ2v) is 8.48. The molecule has 2 atom stereocenters. The van der Waals surface area contributed by atoms with Gasteiger partial charge in [0.15, 0.2) is 5.60 Å². The van der Waals surface area contributed by atoms with Gasteiger partial charge in [0, 0.05) is 29.1 Å². The first-order valence-corrected chi connectivity index (χ1v) is 10.6. The Hall–Kier alpha value is -3.16. The molecule has 0 aliphatic carbocycles. The van der Waals surface area contributed by atoms with E-state index in [1.807, 2.05) is 44.2 Å². The molecular weight excluding hydrogens is 432 g/mol. The van der Waals surface area contributed by atoms with Crippen molar-refractivity contribution in [1.82, 2.24) is 10.5 Å². The molecule has 0 radical (unpaired) electrons. The average molecular weight is 457 g/mol. The van der Waals surface area contributed by atoms with Crippen LogP contribution in [0.1, 0.15) is 54.9 Å². The van der Waals surface area contributed by atoms with Crippen molar-refractivity contribution in [2.75, 3.05) is 0 Å². The van der Waals surface area contributed by atoms with Gasteiger partial charge in [-0.3, -0.25) is 4.79 Å². The summed E-state index contributed by atoms with van der Waals surface area (Å²) in [7, 11) is 0. The van der Waals surface area contributed by atoms with Gasteiger partial charge in [-0.15, -0.1) is 0 Å². The third-order valence-electron chi connectivity index (χ3n) is 5.21. The average Bonchev–Trinajstić information content (AvgIpc) is 3.25. The summed E-state index contributed by atoms with van der Waals surface area (Å²) in [5.41, 5.74) is 0.0964. The van der Waals surface area contributed by atoms with E-state index in [1.165, 1.54) is 18.2 Å². The van der Waals surface area contributed by atoms with Crippen LogP contribution >= 0.6 is 11.6 Å². The van der Waals surface area contributed by atoms with Gasteiger partial charge < -0.3 is 20.1 Å². The number of carboxylic acid groups (broad SMARTS) is 1. The maximum Gasteiger partial charge on any atom is 0.340 e. The van der Waals surface area contributed by atoms with Gasteiger partial charge in [-0.1, -0.05) is 73.1 Å². The summed E-state index contributed by atoms with van der Waals surface area (Å²) >= 11 is 6.41. The number of nitrogens with one attached hydrogen (secondary N) is 1. The van der Waals surface area contributed by atoms with Crippen LogP contribution in [-0.2, 0) is 10.4 Å². The van der Waals surface area contributed by atoms with Crippen molar-refractivity contribution in [2.24, 2.45) is 0 Å². The number of carbonyl (C=O) groups excluding carboxylic acids is 1. The van der Waals surface area contributed by atoms with Gasteiger partial charge in [-0.2, -0.15) is 0 Å². The standard InChI is InChI=1S/C24H25ClN2O5/c1-14(2)20-12-21(32-27-20)22(28)26-15(3)13-24(31,23(29)30)17-9-10-18(19(25)11-17)16-7-5-4-6-8-16/h4-12,14-15,31H,13H2,1-3H3,(H,26,28)(H,29,30). The maximum absolute atomic E-state index is 12.4. The molecule has 1 heterocycles. The minimum atomic E-state index is -2.25. The molecule has 7 nitrogen and oxygen atoms in total. The number of hydrogen-bond donors (Lipinski definition) is 3. The molecule has 3 rings (SSSR count). The van der Waals surface area contributed by atoms with E-state index in [-0.39, 0.29) is 23.7 Å². The summed E-state index contributed by atoms with van der Waals surface area (Å²) in [6.07, 6.45) is -0.278. The Bertz CT molecular complexity index is 1110. The van der Waals surface area contributed by atoms with E-state index in [2.05, 4.69) is 10.5 Å². The van der Waals surface area contributed by atoms with Crippen LogP contribution in [0.2, 0.25) is 5.02 Å². The lowest BCUT2D eigenvalue weighted by molar-refractivity contribution is -0.161. The Kier molecular flexibility index (Phi) is 7.01. The Balaban J connectivity index is 1.79. The van der Waals surface area contributed by atoms with Gasteiger partial charge in [0.1, 0.15) is 0 Å². The number of hydrogen-bond acceptors (Lipinski definition) is 5. The fraction of sp³-hybridized carbons (Fsp3) is 0.292. The summed E-state index contributed by atoms with van der Waals surface area (Å²) in [4.78, 5) is 24.5. The molecule has 0 saturated heterocycles. The highest BCUT2D eigenvalue weighted by molar-refractivity contribution is 6.33. The molecule has 0 aliphatic heterocycles. The van der Waals surface area contributed by atoms with Crippen LogP contribution in [0.25, 0.3) is 11.1 Å². The van der Waals surface area contributed by atoms with Gasteiger partial charge >= 0.3 is 5.97 Å². The first kappa shape index (κ1) is 23.5. The lowest BCUT2D eigenvalue weighted by atomic mass is 9.86. The number of carboxylic acids is 1. The third-order valence-corrected chi connectivity index (χ3v) is 5.52. The van der Waals surface area contributed by atoms with Gasteiger partial charge in [-0.05, 0) is 30.0 Å². The van der Waals surface area contributed by atoms with Crippen molar-refractivity contribution in [3.05, 3.63) is 76.6 Å². The highest BCUT2D eigenvalue weighted by Gasteiger charge is 2.40. The zero-order chi connectivity index (χ0) is 23.5. The minimum Gasteiger partial charge on any atom is -0.479 e. The summed E-state index contributed by atoms with van der Waals surface area (Å²) in [5.74, 6) is -1.86. The smallest absolute Gasteiger partial charge is 0.340 e. The van der Waals surface area contributed by atoms with Crippen molar-refractivity contribution in [1.29, 1.82) is 0 Å². The summed E-state index contributed by atoms with van der Waals surface area (Å²) in [6, 6.07) is 14.9. The van der Waals surface area contributed by atoms with Crippen molar-refractivity contribution < 1.29 is 24.3 Å². The highest BCUT2D eigenvalue weighted by atomic mass is 35.5. The molecule has 0 bridgehead atoms. The Morgan fingerprint density at radius 2 is 1.81 bits per heavy atom. The van der Waals surface area contributed by atoms with Gasteiger partial charge in [0.25, 0.3) is 5.91 Å². The van der Waals surface area contributed by atoms with Crippen LogP contribution in [0.3, 0.4) is 0 Å². The monoisotopic (exact) mass is 456 g/mol. The number of aliphatic hydroxyl groups is 1. The predicted octanol–water partition coefficient (Wildman–Crippen LogP) is 4.60. The van der Waals surface area contributed by atoms with Gasteiger partial charge in [0.2, 0.25) is 5.76 Å². The quantitative estimate of drug-likeness (QED) is 0.456. The molecule has 0 fully saturated rings. The number of amides is 1. The lowest BCUT2D eigenvalue weighted by Crippen LogP contribution is -2.43. The first-order chi connectivity index (χ1) is 15.1. The van der Waals surface area contributed by atoms with E-state index in [0.29, 0.717) is 10.7 Å². The number of aliphatic carboxylic acids is 1. The van der Waals surface area contributed by atoms with Gasteiger partial charge in [-0.25, -0.2) is 4.79 Å². The van der Waals surface area contributed by atoms with E-state index in [1.54, 1.807) is 13.0 Å². The van der Waals surface area contributed by atoms with Crippen molar-refractivity contribution in [3.63, 3.8) is 0 Å². The summed E-state index contributed by atoms with van der Waals surface area (Å²) in [5, 5.41) is 27.6. The highest BCUT2D eigenvalue weighted by Crippen LogP contribution is 2.34. The number of halogens is 1. The molecule has 2 aromatic carbocycles. The maximum atomic E-state index is 12.4. The van der Waals surface area contributed by atoms with E-state index >= 15 is 0 Å². The molecule has 0 saturated carbocycles. The Morgan fingerprint density at radius 3 is 2.38 bits per heavy atom. The van der Waals surface area contributed by atoms with E-state index in [9.17, 15) is 19.8 Å². The second-order valence-electron chi connectivity index (χ2n) is 8.08. The molecule has 8 heteroatoms. The van der Waals surface area contributed by atoms with Crippen LogP contribution < -0.4 is 5.32 Å². The van der Waals surface area contributed by atoms with Crippen LogP contribution in [0, 0.1) is 0 Å². The summed E-state index contributed by atoms with van der Waals surface area (Å²) < 4.78 is 5.06. The SMILES string of the molecule is CC(CC(O)(C(=O)O)c1ccc(-c2ccccc2)c(Cl)c1)NC(=O)c1cc(C(C)C)no1. The molecule has 3 aromatic rings. The number of nitrogens with zero attached hydrogens (tertiary/aromatic N) is 1. The van der Waals surface area contributed by atoms with Crippen molar-refractivity contribution in [2.45, 2.75) is 44.8 Å². The van der Waals surface area contributed by atoms with Crippen molar-refractivity contribution in [3.8, 4) is 11.1 Å². The van der Waals surface area contributed by atoms with E-state index < -0.39 is 23.5 Å². The van der Waals surface area contributed by atoms with Crippen LogP contribution in [0.15, 0.2) is 59.1 Å². The largest absolute Gasteiger partial charge is 0.479 e. The fourth-order valence-corrected chi connectivity index (χ4v) is 3.70. The number of aromatic nitrogens is 1. The Labute approximate surface area is 191 Å². The number of rotatable bonds is 8. The molecule has 32 heavy (non-hydrogen) atoms. The van der Waals surface area contributed by atoms with Crippen LogP contribution in [0.4, 0.5) is 0 Å². The molecule has 0 spiro atoms. The zero-order valence-electron chi connectivity index (χ0n) is 18.0.